The SMILES string of the molecule is COc1ccccc1C(=O)N1c2ccccc2[C@@H](N(c2ccccc2)S(=O)(=O)c2ccc(C)cc2)C[C@H]1C. The lowest BCUT2D eigenvalue weighted by molar-refractivity contribution is 0.0971. The minimum Gasteiger partial charge on any atom is -0.496 e. The smallest absolute Gasteiger partial charge is 0.264 e. The van der Waals surface area contributed by atoms with E-state index in [2.05, 4.69) is 0 Å². The Morgan fingerprint density at radius 3 is 2.21 bits per heavy atom. The van der Waals surface area contributed by atoms with Gasteiger partial charge in [-0.05, 0) is 68.3 Å². The highest BCUT2D eigenvalue weighted by molar-refractivity contribution is 7.92. The van der Waals surface area contributed by atoms with Gasteiger partial charge in [-0.15, -0.1) is 0 Å². The summed E-state index contributed by atoms with van der Waals surface area (Å²) in [4.78, 5) is 15.8. The molecule has 1 aliphatic rings. The van der Waals surface area contributed by atoms with Crippen LogP contribution < -0.4 is 13.9 Å². The summed E-state index contributed by atoms with van der Waals surface area (Å²) in [6.45, 7) is 3.88. The van der Waals surface area contributed by atoms with Gasteiger partial charge in [0.1, 0.15) is 5.75 Å². The first-order valence-electron chi connectivity index (χ1n) is 12.5. The average molecular weight is 527 g/mol. The molecule has 0 unspecified atom stereocenters. The Morgan fingerprint density at radius 2 is 1.50 bits per heavy atom. The summed E-state index contributed by atoms with van der Waals surface area (Å²) < 4.78 is 35.4. The molecule has 7 heteroatoms. The number of carbonyl (C=O) groups excluding carboxylic acids is 1. The van der Waals surface area contributed by atoms with Crippen molar-refractivity contribution in [3.05, 3.63) is 120 Å². The number of hydrogen-bond donors (Lipinski definition) is 0. The Bertz CT molecular complexity index is 1550. The van der Waals surface area contributed by atoms with E-state index in [1.54, 1.807) is 48.4 Å². The monoisotopic (exact) mass is 526 g/mol. The Labute approximate surface area is 224 Å². The molecule has 2 atom stereocenters. The quantitative estimate of drug-likeness (QED) is 0.292. The lowest BCUT2D eigenvalue weighted by Gasteiger charge is -2.43. The van der Waals surface area contributed by atoms with Crippen LogP contribution >= 0.6 is 0 Å². The van der Waals surface area contributed by atoms with Crippen molar-refractivity contribution in [3.63, 3.8) is 0 Å². The second-order valence-corrected chi connectivity index (χ2v) is 11.3. The van der Waals surface area contributed by atoms with Gasteiger partial charge in [-0.25, -0.2) is 8.42 Å². The molecule has 38 heavy (non-hydrogen) atoms. The third kappa shape index (κ3) is 4.54. The van der Waals surface area contributed by atoms with E-state index in [1.165, 1.54) is 4.31 Å². The van der Waals surface area contributed by atoms with E-state index >= 15 is 0 Å². The maximum absolute atomic E-state index is 14.2. The molecule has 194 valence electrons. The van der Waals surface area contributed by atoms with Crippen LogP contribution in [0.5, 0.6) is 5.75 Å². The number of hydrogen-bond acceptors (Lipinski definition) is 4. The molecule has 5 rings (SSSR count). The van der Waals surface area contributed by atoms with Crippen molar-refractivity contribution in [3.8, 4) is 5.75 Å². The standard InChI is InChI=1S/C31H30N2O4S/c1-22-17-19-25(20-18-22)38(35,36)33(24-11-5-4-6-12-24)29-21-23(2)32(28-15-9-7-13-26(28)29)31(34)27-14-8-10-16-30(27)37-3/h4-20,23,29H,21H2,1-3H3/t23-,29+/m1/s1. The van der Waals surface area contributed by atoms with Crippen molar-refractivity contribution < 1.29 is 17.9 Å². The van der Waals surface area contributed by atoms with Crippen molar-refractivity contribution in [2.75, 3.05) is 16.3 Å². The zero-order valence-corrected chi connectivity index (χ0v) is 22.4. The molecule has 6 nitrogen and oxygen atoms in total. The van der Waals surface area contributed by atoms with E-state index in [9.17, 15) is 13.2 Å². The molecule has 0 saturated carbocycles. The number of fused-ring (bicyclic) bond motifs is 1. The summed E-state index contributed by atoms with van der Waals surface area (Å²) in [5, 5.41) is 0. The van der Waals surface area contributed by atoms with Gasteiger partial charge in [-0.3, -0.25) is 9.10 Å². The highest BCUT2D eigenvalue weighted by Crippen LogP contribution is 2.45. The van der Waals surface area contributed by atoms with Crippen LogP contribution in [0.25, 0.3) is 0 Å². The van der Waals surface area contributed by atoms with Crippen LogP contribution in [0.2, 0.25) is 0 Å². The Kier molecular flexibility index (Phi) is 6.95. The van der Waals surface area contributed by atoms with E-state index in [1.807, 2.05) is 80.6 Å². The first-order valence-corrected chi connectivity index (χ1v) is 14.0. The number of nitrogens with zero attached hydrogens (tertiary/aromatic N) is 2. The van der Waals surface area contributed by atoms with Gasteiger partial charge in [0.25, 0.3) is 15.9 Å². The number of aryl methyl sites for hydroxylation is 1. The highest BCUT2D eigenvalue weighted by Gasteiger charge is 2.41. The maximum Gasteiger partial charge on any atom is 0.264 e. The topological polar surface area (TPSA) is 66.9 Å². The predicted molar refractivity (Wildman–Crippen MR) is 150 cm³/mol. The van der Waals surface area contributed by atoms with E-state index in [4.69, 9.17) is 4.74 Å². The minimum absolute atomic E-state index is 0.187. The molecule has 0 saturated heterocycles. The Morgan fingerprint density at radius 1 is 0.868 bits per heavy atom. The van der Waals surface area contributed by atoms with Gasteiger partial charge in [0.15, 0.2) is 0 Å². The Balaban J connectivity index is 1.65. The van der Waals surface area contributed by atoms with Crippen LogP contribution in [0.15, 0.2) is 108 Å². The van der Waals surface area contributed by atoms with Crippen molar-refractivity contribution in [2.45, 2.75) is 37.2 Å². The molecule has 0 bridgehead atoms. The summed E-state index contributed by atoms with van der Waals surface area (Å²) in [5.41, 5.74) is 3.48. The molecule has 0 radical (unpaired) electrons. The molecular formula is C31H30N2O4S. The second kappa shape index (κ2) is 10.3. The summed E-state index contributed by atoms with van der Waals surface area (Å²) >= 11 is 0. The predicted octanol–water partition coefficient (Wildman–Crippen LogP) is 6.38. The molecule has 0 aromatic heterocycles. The number of ether oxygens (including phenoxy) is 1. The van der Waals surface area contributed by atoms with Crippen LogP contribution in [0.4, 0.5) is 11.4 Å². The van der Waals surface area contributed by atoms with E-state index in [0.717, 1.165) is 11.1 Å². The highest BCUT2D eigenvalue weighted by atomic mass is 32.2. The number of amides is 1. The minimum atomic E-state index is -3.93. The van der Waals surface area contributed by atoms with Crippen LogP contribution in [-0.4, -0.2) is 27.5 Å². The van der Waals surface area contributed by atoms with Crippen LogP contribution in [0.3, 0.4) is 0 Å². The number of sulfonamides is 1. The van der Waals surface area contributed by atoms with E-state index < -0.39 is 16.1 Å². The lowest BCUT2D eigenvalue weighted by Crippen LogP contribution is -2.47. The van der Waals surface area contributed by atoms with Gasteiger partial charge in [0, 0.05) is 11.7 Å². The Hall–Kier alpha value is -4.10. The van der Waals surface area contributed by atoms with Crippen LogP contribution in [-0.2, 0) is 10.0 Å². The van der Waals surface area contributed by atoms with Crippen LogP contribution in [0.1, 0.15) is 40.9 Å². The van der Waals surface area contributed by atoms with Crippen LogP contribution in [0, 0.1) is 6.92 Å². The van der Waals surface area contributed by atoms with E-state index in [-0.39, 0.29) is 16.8 Å². The zero-order chi connectivity index (χ0) is 26.9. The zero-order valence-electron chi connectivity index (χ0n) is 21.6. The molecule has 1 heterocycles. The summed E-state index contributed by atoms with van der Waals surface area (Å²) in [5.74, 6) is 0.311. The number of benzene rings is 4. The first kappa shape index (κ1) is 25.5. The van der Waals surface area contributed by atoms with Crippen molar-refractivity contribution in [1.29, 1.82) is 0 Å². The molecule has 1 aliphatic heterocycles. The number of para-hydroxylation sites is 3. The average Bonchev–Trinajstić information content (AvgIpc) is 2.93. The van der Waals surface area contributed by atoms with Gasteiger partial charge < -0.3 is 9.64 Å². The summed E-state index contributed by atoms with van der Waals surface area (Å²) in [6.07, 6.45) is 0.415. The van der Waals surface area contributed by atoms with Gasteiger partial charge in [-0.1, -0.05) is 66.2 Å². The molecule has 4 aromatic rings. The number of anilines is 2. The van der Waals surface area contributed by atoms with Crippen molar-refractivity contribution >= 4 is 27.3 Å². The number of carbonyl (C=O) groups is 1. The fraction of sp³-hybridized carbons (Fsp3) is 0.194. The normalized spacial score (nSPS) is 17.0. The first-order chi connectivity index (χ1) is 18.3. The molecule has 0 N–H and O–H groups in total. The molecule has 0 spiro atoms. The fourth-order valence-corrected chi connectivity index (χ4v) is 6.79. The molecule has 4 aromatic carbocycles. The second-order valence-electron chi connectivity index (χ2n) is 9.48. The molecule has 0 fully saturated rings. The van der Waals surface area contributed by atoms with Gasteiger partial charge in [-0.2, -0.15) is 0 Å². The largest absolute Gasteiger partial charge is 0.496 e. The third-order valence-corrected chi connectivity index (χ3v) is 8.84. The molecule has 0 aliphatic carbocycles. The fourth-order valence-electron chi connectivity index (χ4n) is 5.15. The van der Waals surface area contributed by atoms with Gasteiger partial charge in [0.2, 0.25) is 0 Å². The van der Waals surface area contributed by atoms with Crippen molar-refractivity contribution in [1.82, 2.24) is 0 Å². The summed E-state index contributed by atoms with van der Waals surface area (Å²) in [7, 11) is -2.38. The molecule has 1 amide bonds. The van der Waals surface area contributed by atoms with Crippen molar-refractivity contribution in [2.24, 2.45) is 0 Å². The maximum atomic E-state index is 14.2. The number of methoxy groups -OCH3 is 1. The van der Waals surface area contributed by atoms with E-state index in [0.29, 0.717) is 29.1 Å². The lowest BCUT2D eigenvalue weighted by atomic mass is 9.90. The third-order valence-electron chi connectivity index (χ3n) is 6.99. The molecular weight excluding hydrogens is 496 g/mol. The number of rotatable bonds is 6. The van der Waals surface area contributed by atoms with Gasteiger partial charge >= 0.3 is 0 Å². The summed E-state index contributed by atoms with van der Waals surface area (Å²) in [6, 6.07) is 30.0. The van der Waals surface area contributed by atoms with Gasteiger partial charge in [0.05, 0.1) is 29.3 Å².